The van der Waals surface area contributed by atoms with Crippen molar-refractivity contribution in [1.82, 2.24) is 4.72 Å². The lowest BCUT2D eigenvalue weighted by Gasteiger charge is -2.17. The number of sulfonamides is 1. The fraction of sp³-hybridized carbons (Fsp3) is 0.208. The third kappa shape index (κ3) is 6.30. The van der Waals surface area contributed by atoms with Crippen LogP contribution in [0.2, 0.25) is 0 Å². The topological polar surface area (TPSA) is 93.7 Å². The van der Waals surface area contributed by atoms with Gasteiger partial charge in [0.25, 0.3) is 0 Å². The van der Waals surface area contributed by atoms with Gasteiger partial charge in [0.1, 0.15) is 11.5 Å². The Morgan fingerprint density at radius 3 is 2.21 bits per heavy atom. The van der Waals surface area contributed by atoms with Gasteiger partial charge in [0, 0.05) is 11.3 Å². The molecule has 0 bridgehead atoms. The minimum atomic E-state index is -3.92. The van der Waals surface area contributed by atoms with Crippen LogP contribution in [-0.4, -0.2) is 34.1 Å². The fourth-order valence-corrected chi connectivity index (χ4v) is 4.33. The second kappa shape index (κ2) is 10.6. The van der Waals surface area contributed by atoms with E-state index >= 15 is 0 Å². The molecule has 3 rings (SSSR count). The lowest BCUT2D eigenvalue weighted by atomic mass is 10.0. The molecule has 34 heavy (non-hydrogen) atoms. The summed E-state index contributed by atoms with van der Waals surface area (Å²) < 4.78 is 63.0. The summed E-state index contributed by atoms with van der Waals surface area (Å²) in [6.07, 6.45) is 0. The maximum Gasteiger partial charge on any atom is 0.387 e. The van der Waals surface area contributed by atoms with Gasteiger partial charge in [-0.1, -0.05) is 29.8 Å². The summed E-state index contributed by atoms with van der Waals surface area (Å²) in [4.78, 5) is 12.7. The predicted molar refractivity (Wildman–Crippen MR) is 125 cm³/mol. The summed E-state index contributed by atoms with van der Waals surface area (Å²) >= 11 is 0. The summed E-state index contributed by atoms with van der Waals surface area (Å²) in [5.74, 6) is -0.121. The Morgan fingerprint density at radius 1 is 0.971 bits per heavy atom. The standard InChI is InChI=1S/C24H24F2N2O5S/c1-15-4-11-20(12-5-15)34(30,31)28-16(2)23(29)27-18-8-13-22(33-24(25)26)21(14-18)17-6-9-19(32-3)10-7-17/h4-14,16,24,28H,1-3H3,(H,27,29). The molecule has 1 atom stereocenters. The molecule has 0 saturated carbocycles. The average molecular weight is 491 g/mol. The number of amides is 1. The molecule has 0 radical (unpaired) electrons. The lowest BCUT2D eigenvalue weighted by Crippen LogP contribution is -2.41. The van der Waals surface area contributed by atoms with E-state index < -0.39 is 28.6 Å². The van der Waals surface area contributed by atoms with Crippen LogP contribution >= 0.6 is 0 Å². The highest BCUT2D eigenvalue weighted by molar-refractivity contribution is 7.89. The SMILES string of the molecule is COc1ccc(-c2cc(NC(=O)C(C)NS(=O)(=O)c3ccc(C)cc3)ccc2OC(F)F)cc1. The molecule has 0 aliphatic heterocycles. The molecule has 1 unspecified atom stereocenters. The molecule has 7 nitrogen and oxygen atoms in total. The maximum absolute atomic E-state index is 12.9. The zero-order chi connectivity index (χ0) is 24.9. The number of aryl methyl sites for hydroxylation is 1. The first-order valence-electron chi connectivity index (χ1n) is 10.2. The second-order valence-corrected chi connectivity index (χ2v) is 9.18. The van der Waals surface area contributed by atoms with Crippen molar-refractivity contribution < 1.29 is 31.5 Å². The van der Waals surface area contributed by atoms with Crippen LogP contribution in [0.1, 0.15) is 12.5 Å². The van der Waals surface area contributed by atoms with E-state index in [0.717, 1.165) is 5.56 Å². The number of rotatable bonds is 9. The molecule has 0 aromatic heterocycles. The number of alkyl halides is 2. The molecule has 0 aliphatic carbocycles. The third-order valence-corrected chi connectivity index (χ3v) is 6.48. The monoisotopic (exact) mass is 490 g/mol. The highest BCUT2D eigenvalue weighted by Crippen LogP contribution is 2.34. The largest absolute Gasteiger partial charge is 0.497 e. The number of carbonyl (C=O) groups is 1. The Hall–Kier alpha value is -3.50. The van der Waals surface area contributed by atoms with Crippen LogP contribution in [0.4, 0.5) is 14.5 Å². The molecular weight excluding hydrogens is 466 g/mol. The van der Waals surface area contributed by atoms with Gasteiger partial charge in [0.15, 0.2) is 0 Å². The van der Waals surface area contributed by atoms with E-state index in [2.05, 4.69) is 14.8 Å². The van der Waals surface area contributed by atoms with Gasteiger partial charge < -0.3 is 14.8 Å². The van der Waals surface area contributed by atoms with Gasteiger partial charge in [-0.25, -0.2) is 8.42 Å². The number of anilines is 1. The molecule has 0 heterocycles. The summed E-state index contributed by atoms with van der Waals surface area (Å²) in [5.41, 5.74) is 2.05. The number of carbonyl (C=O) groups excluding carboxylic acids is 1. The van der Waals surface area contributed by atoms with Crippen LogP contribution in [0.5, 0.6) is 11.5 Å². The number of methoxy groups -OCH3 is 1. The minimum absolute atomic E-state index is 0.0352. The van der Waals surface area contributed by atoms with Crippen LogP contribution in [0, 0.1) is 6.92 Å². The van der Waals surface area contributed by atoms with Crippen LogP contribution < -0.4 is 19.5 Å². The Labute approximate surface area is 196 Å². The molecule has 3 aromatic rings. The predicted octanol–water partition coefficient (Wildman–Crippen LogP) is 4.58. The van der Waals surface area contributed by atoms with Gasteiger partial charge in [-0.15, -0.1) is 0 Å². The van der Waals surface area contributed by atoms with Crippen molar-refractivity contribution in [1.29, 1.82) is 0 Å². The highest BCUT2D eigenvalue weighted by atomic mass is 32.2. The smallest absolute Gasteiger partial charge is 0.387 e. The molecule has 2 N–H and O–H groups in total. The first-order valence-corrected chi connectivity index (χ1v) is 11.7. The molecule has 0 aliphatic rings. The fourth-order valence-electron chi connectivity index (χ4n) is 3.12. The number of hydrogen-bond donors (Lipinski definition) is 2. The Morgan fingerprint density at radius 2 is 1.62 bits per heavy atom. The summed E-state index contributed by atoms with van der Waals surface area (Å²) in [6, 6.07) is 15.9. The van der Waals surface area contributed by atoms with E-state index in [-0.39, 0.29) is 16.3 Å². The van der Waals surface area contributed by atoms with Gasteiger partial charge in [-0.2, -0.15) is 13.5 Å². The minimum Gasteiger partial charge on any atom is -0.497 e. The average Bonchev–Trinajstić information content (AvgIpc) is 2.79. The number of benzene rings is 3. The van der Waals surface area contributed by atoms with Crippen LogP contribution in [0.25, 0.3) is 11.1 Å². The first-order chi connectivity index (χ1) is 16.1. The number of ether oxygens (including phenoxy) is 2. The van der Waals surface area contributed by atoms with E-state index in [9.17, 15) is 22.0 Å². The molecule has 0 saturated heterocycles. The van der Waals surface area contributed by atoms with E-state index in [0.29, 0.717) is 16.9 Å². The lowest BCUT2D eigenvalue weighted by molar-refractivity contribution is -0.117. The van der Waals surface area contributed by atoms with E-state index in [1.54, 1.807) is 36.4 Å². The third-order valence-electron chi connectivity index (χ3n) is 4.92. The van der Waals surface area contributed by atoms with Crippen molar-refractivity contribution in [2.24, 2.45) is 0 Å². The van der Waals surface area contributed by atoms with Crippen LogP contribution in [0.15, 0.2) is 71.6 Å². The Kier molecular flexibility index (Phi) is 7.85. The van der Waals surface area contributed by atoms with Crippen molar-refractivity contribution in [2.75, 3.05) is 12.4 Å². The number of hydrogen-bond acceptors (Lipinski definition) is 5. The Balaban J connectivity index is 1.80. The summed E-state index contributed by atoms with van der Waals surface area (Å²) in [7, 11) is -2.41. The highest BCUT2D eigenvalue weighted by Gasteiger charge is 2.22. The van der Waals surface area contributed by atoms with Gasteiger partial charge in [-0.3, -0.25) is 4.79 Å². The molecule has 1 amide bonds. The van der Waals surface area contributed by atoms with Gasteiger partial charge in [0.2, 0.25) is 15.9 Å². The van der Waals surface area contributed by atoms with Crippen molar-refractivity contribution >= 4 is 21.6 Å². The second-order valence-electron chi connectivity index (χ2n) is 7.46. The summed E-state index contributed by atoms with van der Waals surface area (Å²) in [6.45, 7) is 0.200. The number of nitrogens with one attached hydrogen (secondary N) is 2. The molecule has 10 heteroatoms. The molecular formula is C24H24F2N2O5S. The number of halogens is 2. The Bertz CT molecular complexity index is 1250. The zero-order valence-corrected chi connectivity index (χ0v) is 19.5. The van der Waals surface area contributed by atoms with E-state index in [1.807, 2.05) is 6.92 Å². The zero-order valence-electron chi connectivity index (χ0n) is 18.7. The summed E-state index contributed by atoms with van der Waals surface area (Å²) in [5, 5.41) is 2.60. The van der Waals surface area contributed by atoms with Crippen LogP contribution in [-0.2, 0) is 14.8 Å². The van der Waals surface area contributed by atoms with E-state index in [4.69, 9.17) is 4.74 Å². The van der Waals surface area contributed by atoms with Crippen molar-refractivity contribution in [3.63, 3.8) is 0 Å². The van der Waals surface area contributed by atoms with Gasteiger partial charge in [-0.05, 0) is 61.9 Å². The van der Waals surface area contributed by atoms with E-state index in [1.165, 1.54) is 44.4 Å². The van der Waals surface area contributed by atoms with Crippen molar-refractivity contribution in [2.45, 2.75) is 31.4 Å². The first kappa shape index (κ1) is 25.1. The van der Waals surface area contributed by atoms with Gasteiger partial charge >= 0.3 is 6.61 Å². The van der Waals surface area contributed by atoms with Gasteiger partial charge in [0.05, 0.1) is 18.0 Å². The van der Waals surface area contributed by atoms with Crippen molar-refractivity contribution in [3.8, 4) is 22.6 Å². The molecule has 0 fully saturated rings. The molecule has 180 valence electrons. The molecule has 0 spiro atoms. The normalized spacial score (nSPS) is 12.3. The maximum atomic E-state index is 12.9. The molecule has 3 aromatic carbocycles. The van der Waals surface area contributed by atoms with Crippen molar-refractivity contribution in [3.05, 3.63) is 72.3 Å². The van der Waals surface area contributed by atoms with Crippen LogP contribution in [0.3, 0.4) is 0 Å². The quantitative estimate of drug-likeness (QED) is 0.458.